The maximum atomic E-state index is 6.28. The van der Waals surface area contributed by atoms with Gasteiger partial charge >= 0.3 is 0 Å². The first-order valence-corrected chi connectivity index (χ1v) is 9.76. The zero-order valence-electron chi connectivity index (χ0n) is 16.3. The number of aromatic nitrogens is 2. The van der Waals surface area contributed by atoms with E-state index in [1.54, 1.807) is 13.4 Å². The fourth-order valence-electron chi connectivity index (χ4n) is 3.55. The molecule has 1 aromatic heterocycles. The molecule has 0 radical (unpaired) electrons. The third kappa shape index (κ3) is 4.02. The van der Waals surface area contributed by atoms with Crippen LogP contribution in [-0.4, -0.2) is 36.3 Å². The average Bonchev–Trinajstić information content (AvgIpc) is 2.75. The Morgan fingerprint density at radius 3 is 2.61 bits per heavy atom. The minimum absolute atomic E-state index is 0.121. The van der Waals surface area contributed by atoms with Crippen LogP contribution in [0.25, 0.3) is 10.9 Å². The number of anilines is 1. The summed E-state index contributed by atoms with van der Waals surface area (Å²) >= 11 is 0. The van der Waals surface area contributed by atoms with E-state index in [2.05, 4.69) is 39.7 Å². The predicted molar refractivity (Wildman–Crippen MR) is 111 cm³/mol. The lowest BCUT2D eigenvalue weighted by molar-refractivity contribution is 0.157. The Morgan fingerprint density at radius 1 is 1.07 bits per heavy atom. The fourth-order valence-corrected chi connectivity index (χ4v) is 3.55. The van der Waals surface area contributed by atoms with Gasteiger partial charge in [-0.25, -0.2) is 9.97 Å². The quantitative estimate of drug-likeness (QED) is 0.677. The number of rotatable bonds is 6. The van der Waals surface area contributed by atoms with Gasteiger partial charge in [0.1, 0.15) is 18.2 Å². The molecule has 0 saturated carbocycles. The van der Waals surface area contributed by atoms with E-state index in [1.807, 2.05) is 30.3 Å². The van der Waals surface area contributed by atoms with Gasteiger partial charge in [0, 0.05) is 17.5 Å². The summed E-state index contributed by atoms with van der Waals surface area (Å²) < 4.78 is 11.8. The molecule has 2 aromatic carbocycles. The van der Waals surface area contributed by atoms with Gasteiger partial charge < -0.3 is 20.1 Å². The normalized spacial score (nSPS) is 15.9. The van der Waals surface area contributed by atoms with Gasteiger partial charge in [-0.3, -0.25) is 0 Å². The summed E-state index contributed by atoms with van der Waals surface area (Å²) in [4.78, 5) is 8.91. The summed E-state index contributed by atoms with van der Waals surface area (Å²) in [6, 6.07) is 14.4. The van der Waals surface area contributed by atoms with Crippen molar-refractivity contribution in [2.45, 2.75) is 31.9 Å². The van der Waals surface area contributed by atoms with Crippen molar-refractivity contribution in [3.63, 3.8) is 0 Å². The highest BCUT2D eigenvalue weighted by molar-refractivity contribution is 5.91. The molecule has 6 heteroatoms. The molecule has 0 spiro atoms. The standard InChI is InChI=1S/C22H26N4O2/c1-15(16-6-4-3-5-7-16)26-22-18-12-21(28-17-8-10-23-11-9-17)20(27-2)13-19(18)24-14-25-22/h3-7,12-15,17,23H,8-11H2,1-2H3,(H,24,25,26)/t15-/m1/s1. The van der Waals surface area contributed by atoms with Gasteiger partial charge in [-0.1, -0.05) is 30.3 Å². The Hall–Kier alpha value is -2.86. The molecule has 146 valence electrons. The van der Waals surface area contributed by atoms with Crippen molar-refractivity contribution in [2.75, 3.05) is 25.5 Å². The maximum Gasteiger partial charge on any atom is 0.162 e. The van der Waals surface area contributed by atoms with Gasteiger partial charge in [-0.2, -0.15) is 0 Å². The van der Waals surface area contributed by atoms with Crippen LogP contribution in [0, 0.1) is 0 Å². The molecule has 6 nitrogen and oxygen atoms in total. The molecule has 4 rings (SSSR count). The fraction of sp³-hybridized carbons (Fsp3) is 0.364. The number of benzene rings is 2. The zero-order valence-corrected chi connectivity index (χ0v) is 16.3. The molecule has 2 N–H and O–H groups in total. The van der Waals surface area contributed by atoms with Gasteiger partial charge in [-0.15, -0.1) is 0 Å². The highest BCUT2D eigenvalue weighted by atomic mass is 16.5. The number of hydrogen-bond acceptors (Lipinski definition) is 6. The monoisotopic (exact) mass is 378 g/mol. The smallest absolute Gasteiger partial charge is 0.162 e. The van der Waals surface area contributed by atoms with Crippen LogP contribution in [0.15, 0.2) is 48.8 Å². The summed E-state index contributed by atoms with van der Waals surface area (Å²) in [5.41, 5.74) is 2.03. The Balaban J connectivity index is 1.66. The number of piperidine rings is 1. The van der Waals surface area contributed by atoms with Crippen molar-refractivity contribution < 1.29 is 9.47 Å². The molecular formula is C22H26N4O2. The predicted octanol–water partition coefficient (Wildman–Crippen LogP) is 3.94. The summed E-state index contributed by atoms with van der Waals surface area (Å²) in [5.74, 6) is 2.23. The molecular weight excluding hydrogens is 352 g/mol. The molecule has 1 saturated heterocycles. The van der Waals surface area contributed by atoms with Crippen LogP contribution in [0.4, 0.5) is 5.82 Å². The molecule has 1 fully saturated rings. The SMILES string of the molecule is COc1cc2ncnc(N[C@H](C)c3ccccc3)c2cc1OC1CCNCC1. The van der Waals surface area contributed by atoms with Crippen LogP contribution >= 0.6 is 0 Å². The van der Waals surface area contributed by atoms with E-state index in [4.69, 9.17) is 9.47 Å². The minimum atomic E-state index is 0.121. The summed E-state index contributed by atoms with van der Waals surface area (Å²) in [7, 11) is 1.66. The van der Waals surface area contributed by atoms with E-state index in [-0.39, 0.29) is 12.1 Å². The number of nitrogens with one attached hydrogen (secondary N) is 2. The van der Waals surface area contributed by atoms with Crippen LogP contribution in [0.5, 0.6) is 11.5 Å². The van der Waals surface area contributed by atoms with Crippen LogP contribution in [0.3, 0.4) is 0 Å². The lowest BCUT2D eigenvalue weighted by Gasteiger charge is -2.25. The largest absolute Gasteiger partial charge is 0.493 e. The lowest BCUT2D eigenvalue weighted by Crippen LogP contribution is -2.34. The van der Waals surface area contributed by atoms with Gasteiger partial charge in [0.15, 0.2) is 11.5 Å². The zero-order chi connectivity index (χ0) is 19.3. The van der Waals surface area contributed by atoms with Gasteiger partial charge in [-0.05, 0) is 44.5 Å². The number of methoxy groups -OCH3 is 1. The van der Waals surface area contributed by atoms with E-state index in [9.17, 15) is 0 Å². The van der Waals surface area contributed by atoms with Crippen molar-refractivity contribution >= 4 is 16.7 Å². The average molecular weight is 378 g/mol. The molecule has 0 bridgehead atoms. The maximum absolute atomic E-state index is 6.28. The van der Waals surface area contributed by atoms with Crippen molar-refractivity contribution in [1.29, 1.82) is 0 Å². The topological polar surface area (TPSA) is 68.3 Å². The minimum Gasteiger partial charge on any atom is -0.493 e. The number of hydrogen-bond donors (Lipinski definition) is 2. The molecule has 3 aromatic rings. The lowest BCUT2D eigenvalue weighted by atomic mass is 10.1. The first-order valence-electron chi connectivity index (χ1n) is 9.76. The second kappa shape index (κ2) is 8.44. The van der Waals surface area contributed by atoms with Gasteiger partial charge in [0.25, 0.3) is 0 Å². The summed E-state index contributed by atoms with van der Waals surface area (Å²) in [6.45, 7) is 4.08. The van der Waals surface area contributed by atoms with E-state index in [0.29, 0.717) is 5.75 Å². The molecule has 1 atom stereocenters. The van der Waals surface area contributed by atoms with Crippen molar-refractivity contribution in [2.24, 2.45) is 0 Å². The van der Waals surface area contributed by atoms with E-state index in [0.717, 1.165) is 48.4 Å². The molecule has 2 heterocycles. The van der Waals surface area contributed by atoms with Crippen LogP contribution in [0.1, 0.15) is 31.4 Å². The van der Waals surface area contributed by atoms with Crippen LogP contribution in [-0.2, 0) is 0 Å². The molecule has 0 unspecified atom stereocenters. The van der Waals surface area contributed by atoms with Crippen molar-refractivity contribution in [3.05, 3.63) is 54.4 Å². The molecule has 1 aliphatic heterocycles. The second-order valence-electron chi connectivity index (χ2n) is 7.09. The van der Waals surface area contributed by atoms with Crippen LogP contribution < -0.4 is 20.1 Å². The second-order valence-corrected chi connectivity index (χ2v) is 7.09. The molecule has 0 aliphatic carbocycles. The van der Waals surface area contributed by atoms with Crippen molar-refractivity contribution in [1.82, 2.24) is 15.3 Å². The summed E-state index contributed by atoms with van der Waals surface area (Å²) in [6.07, 6.45) is 3.75. The third-order valence-corrected chi connectivity index (χ3v) is 5.15. The molecule has 0 amide bonds. The Morgan fingerprint density at radius 2 is 1.86 bits per heavy atom. The van der Waals surface area contributed by atoms with E-state index >= 15 is 0 Å². The Kier molecular flexibility index (Phi) is 5.58. The highest BCUT2D eigenvalue weighted by Gasteiger charge is 2.19. The van der Waals surface area contributed by atoms with Gasteiger partial charge in [0.05, 0.1) is 12.6 Å². The van der Waals surface area contributed by atoms with E-state index in [1.165, 1.54) is 5.56 Å². The first-order chi connectivity index (χ1) is 13.7. The molecule has 28 heavy (non-hydrogen) atoms. The first kappa shape index (κ1) is 18.5. The molecule has 1 aliphatic rings. The van der Waals surface area contributed by atoms with Gasteiger partial charge in [0.2, 0.25) is 0 Å². The third-order valence-electron chi connectivity index (χ3n) is 5.15. The highest BCUT2D eigenvalue weighted by Crippen LogP contribution is 2.36. The van der Waals surface area contributed by atoms with Crippen molar-refractivity contribution in [3.8, 4) is 11.5 Å². The Labute approximate surface area is 165 Å². The number of nitrogens with zero attached hydrogens (tertiary/aromatic N) is 2. The summed E-state index contributed by atoms with van der Waals surface area (Å²) in [5, 5.41) is 7.80. The number of fused-ring (bicyclic) bond motifs is 1. The Bertz CT molecular complexity index is 926. The van der Waals surface area contributed by atoms with Crippen LogP contribution in [0.2, 0.25) is 0 Å². The van der Waals surface area contributed by atoms with E-state index < -0.39 is 0 Å². The number of ether oxygens (including phenoxy) is 2.